The monoisotopic (exact) mass is 430 g/mol. The van der Waals surface area contributed by atoms with E-state index in [9.17, 15) is 0 Å². The van der Waals surface area contributed by atoms with Gasteiger partial charge in [-0.05, 0) is 70.2 Å². The predicted molar refractivity (Wildman–Crippen MR) is 128 cm³/mol. The minimum absolute atomic E-state index is 0.0239. The van der Waals surface area contributed by atoms with E-state index < -0.39 is 0 Å². The van der Waals surface area contributed by atoms with Crippen molar-refractivity contribution in [3.05, 3.63) is 29.8 Å². The Morgan fingerprint density at radius 1 is 1.19 bits per heavy atom. The number of likely N-dealkylation sites (tertiary alicyclic amines) is 1. The zero-order valence-electron chi connectivity index (χ0n) is 19.8. The van der Waals surface area contributed by atoms with Crippen LogP contribution in [0.3, 0.4) is 0 Å². The largest absolute Gasteiger partial charge is 0.497 e. The molecule has 1 atom stereocenters. The van der Waals surface area contributed by atoms with Gasteiger partial charge in [0.15, 0.2) is 5.96 Å². The highest BCUT2D eigenvalue weighted by Gasteiger charge is 2.34. The lowest BCUT2D eigenvalue weighted by Crippen LogP contribution is -2.43. The van der Waals surface area contributed by atoms with Crippen molar-refractivity contribution in [3.8, 4) is 5.75 Å². The van der Waals surface area contributed by atoms with E-state index in [0.717, 1.165) is 69.9 Å². The topological polar surface area (TPSA) is 58.1 Å². The van der Waals surface area contributed by atoms with Crippen LogP contribution in [0.25, 0.3) is 0 Å². The van der Waals surface area contributed by atoms with Crippen molar-refractivity contribution in [1.82, 2.24) is 15.5 Å². The highest BCUT2D eigenvalue weighted by molar-refractivity contribution is 5.79. The van der Waals surface area contributed by atoms with Crippen LogP contribution in [-0.4, -0.2) is 69.9 Å². The molecule has 0 aliphatic carbocycles. The number of hydrogen-bond donors (Lipinski definition) is 2. The Morgan fingerprint density at radius 3 is 2.65 bits per heavy atom. The molecular weight excluding hydrogens is 388 g/mol. The molecule has 2 N–H and O–H groups in total. The van der Waals surface area contributed by atoms with Crippen molar-refractivity contribution in [2.24, 2.45) is 4.99 Å². The van der Waals surface area contributed by atoms with Crippen molar-refractivity contribution < 1.29 is 9.47 Å². The highest BCUT2D eigenvalue weighted by atomic mass is 16.5. The highest BCUT2D eigenvalue weighted by Crippen LogP contribution is 2.36. The molecule has 2 aliphatic heterocycles. The smallest absolute Gasteiger partial charge is 0.191 e. The summed E-state index contributed by atoms with van der Waals surface area (Å²) in [6.07, 6.45) is 7.21. The summed E-state index contributed by atoms with van der Waals surface area (Å²) in [7, 11) is 1.71. The van der Waals surface area contributed by atoms with Crippen LogP contribution in [0.2, 0.25) is 0 Å². The number of piperidine rings is 1. The van der Waals surface area contributed by atoms with E-state index in [4.69, 9.17) is 14.5 Å². The van der Waals surface area contributed by atoms with Crippen LogP contribution in [0.1, 0.15) is 57.9 Å². The predicted octanol–water partition coefficient (Wildman–Crippen LogP) is 3.56. The lowest BCUT2D eigenvalue weighted by Gasteiger charge is -2.36. The standard InChI is InChI=1S/C25H42N4O2/c1-4-26-24(27-15-7-17-29-16-6-5-8-21(29)2)28-20-25(13-18-31-19-14-25)22-9-11-23(30-3)12-10-22/h9-12,21H,4-8,13-20H2,1-3H3,(H2,26,27,28). The molecule has 2 saturated heterocycles. The van der Waals surface area contributed by atoms with Gasteiger partial charge in [-0.2, -0.15) is 0 Å². The van der Waals surface area contributed by atoms with Gasteiger partial charge >= 0.3 is 0 Å². The fraction of sp³-hybridized carbons (Fsp3) is 0.720. The normalized spacial score (nSPS) is 22.2. The number of aliphatic imine (C=N–C) groups is 1. The lowest BCUT2D eigenvalue weighted by molar-refractivity contribution is 0.0531. The van der Waals surface area contributed by atoms with Gasteiger partial charge in [0.05, 0.1) is 13.7 Å². The summed E-state index contributed by atoms with van der Waals surface area (Å²) in [5, 5.41) is 6.99. The van der Waals surface area contributed by atoms with Gasteiger partial charge < -0.3 is 25.0 Å². The maximum absolute atomic E-state index is 5.68. The van der Waals surface area contributed by atoms with Gasteiger partial charge in [-0.25, -0.2) is 0 Å². The molecule has 2 aliphatic rings. The number of guanidine groups is 1. The third-order valence-corrected chi connectivity index (χ3v) is 6.89. The summed E-state index contributed by atoms with van der Waals surface area (Å²) < 4.78 is 11.0. The Balaban J connectivity index is 1.59. The first-order valence-electron chi connectivity index (χ1n) is 12.2. The minimum atomic E-state index is 0.0239. The molecule has 3 rings (SSSR count). The molecule has 1 aromatic rings. The second kappa shape index (κ2) is 12.3. The third kappa shape index (κ3) is 6.84. The van der Waals surface area contributed by atoms with Crippen LogP contribution in [0, 0.1) is 0 Å². The fourth-order valence-electron chi connectivity index (χ4n) is 4.80. The van der Waals surface area contributed by atoms with E-state index in [0.29, 0.717) is 0 Å². The van der Waals surface area contributed by atoms with Gasteiger partial charge in [0.2, 0.25) is 0 Å². The number of hydrogen-bond acceptors (Lipinski definition) is 4. The Hall–Kier alpha value is -1.79. The number of benzene rings is 1. The lowest BCUT2D eigenvalue weighted by atomic mass is 9.74. The zero-order chi connectivity index (χ0) is 21.9. The van der Waals surface area contributed by atoms with E-state index >= 15 is 0 Å². The van der Waals surface area contributed by atoms with Gasteiger partial charge in [-0.3, -0.25) is 4.99 Å². The van der Waals surface area contributed by atoms with Gasteiger partial charge in [-0.15, -0.1) is 0 Å². The maximum Gasteiger partial charge on any atom is 0.191 e. The summed E-state index contributed by atoms with van der Waals surface area (Å²) >= 11 is 0. The first kappa shape index (κ1) is 23.9. The van der Waals surface area contributed by atoms with Crippen LogP contribution in [0.15, 0.2) is 29.3 Å². The van der Waals surface area contributed by atoms with Crippen molar-refractivity contribution in [1.29, 1.82) is 0 Å². The summed E-state index contributed by atoms with van der Waals surface area (Å²) in [5.41, 5.74) is 1.35. The minimum Gasteiger partial charge on any atom is -0.497 e. The molecule has 2 fully saturated rings. The van der Waals surface area contributed by atoms with Crippen LogP contribution >= 0.6 is 0 Å². The van der Waals surface area contributed by atoms with E-state index in [2.05, 4.69) is 53.6 Å². The SMILES string of the molecule is CCNC(=NCC1(c2ccc(OC)cc2)CCOCC1)NCCCN1CCCCC1C. The second-order valence-corrected chi connectivity index (χ2v) is 8.98. The molecule has 1 aromatic carbocycles. The molecule has 0 spiro atoms. The molecule has 6 heteroatoms. The number of nitrogens with one attached hydrogen (secondary N) is 2. The van der Waals surface area contributed by atoms with E-state index in [-0.39, 0.29) is 5.41 Å². The van der Waals surface area contributed by atoms with E-state index in [1.807, 2.05) is 0 Å². The molecule has 174 valence electrons. The Morgan fingerprint density at radius 2 is 1.97 bits per heavy atom. The molecule has 0 saturated carbocycles. The molecule has 0 aromatic heterocycles. The van der Waals surface area contributed by atoms with Gasteiger partial charge in [0, 0.05) is 44.3 Å². The summed E-state index contributed by atoms with van der Waals surface area (Å²) in [6.45, 7) is 11.1. The quantitative estimate of drug-likeness (QED) is 0.356. The Bertz CT molecular complexity index is 671. The molecule has 0 bridgehead atoms. The molecule has 0 amide bonds. The van der Waals surface area contributed by atoms with Crippen LogP contribution in [0.4, 0.5) is 0 Å². The van der Waals surface area contributed by atoms with E-state index in [1.165, 1.54) is 37.9 Å². The van der Waals surface area contributed by atoms with Crippen molar-refractivity contribution in [2.75, 3.05) is 53.0 Å². The third-order valence-electron chi connectivity index (χ3n) is 6.89. The zero-order valence-corrected chi connectivity index (χ0v) is 19.8. The van der Waals surface area contributed by atoms with Crippen LogP contribution < -0.4 is 15.4 Å². The van der Waals surface area contributed by atoms with Gasteiger partial charge in [0.1, 0.15) is 5.75 Å². The average Bonchev–Trinajstić information content (AvgIpc) is 2.82. The summed E-state index contributed by atoms with van der Waals surface area (Å²) in [4.78, 5) is 7.66. The number of rotatable bonds is 9. The maximum atomic E-state index is 5.68. The molecular formula is C25H42N4O2. The van der Waals surface area contributed by atoms with E-state index in [1.54, 1.807) is 7.11 Å². The van der Waals surface area contributed by atoms with Crippen LogP contribution in [-0.2, 0) is 10.2 Å². The second-order valence-electron chi connectivity index (χ2n) is 8.98. The van der Waals surface area contributed by atoms with Crippen LogP contribution in [0.5, 0.6) is 5.75 Å². The van der Waals surface area contributed by atoms with Crippen molar-refractivity contribution in [2.45, 2.75) is 63.8 Å². The molecule has 0 radical (unpaired) electrons. The average molecular weight is 431 g/mol. The van der Waals surface area contributed by atoms with Crippen molar-refractivity contribution >= 4 is 5.96 Å². The first-order valence-corrected chi connectivity index (χ1v) is 12.2. The Kier molecular flexibility index (Phi) is 9.47. The fourth-order valence-corrected chi connectivity index (χ4v) is 4.80. The summed E-state index contributed by atoms with van der Waals surface area (Å²) in [6, 6.07) is 9.23. The summed E-state index contributed by atoms with van der Waals surface area (Å²) in [5.74, 6) is 1.82. The Labute approximate surface area is 188 Å². The molecule has 2 heterocycles. The first-order chi connectivity index (χ1) is 15.2. The molecule has 6 nitrogen and oxygen atoms in total. The van der Waals surface area contributed by atoms with Gasteiger partial charge in [0.25, 0.3) is 0 Å². The van der Waals surface area contributed by atoms with Crippen molar-refractivity contribution in [3.63, 3.8) is 0 Å². The number of ether oxygens (including phenoxy) is 2. The molecule has 1 unspecified atom stereocenters. The number of methoxy groups -OCH3 is 1. The van der Waals surface area contributed by atoms with Gasteiger partial charge in [-0.1, -0.05) is 18.6 Å². The number of nitrogens with zero attached hydrogens (tertiary/aromatic N) is 2. The molecule has 31 heavy (non-hydrogen) atoms.